The van der Waals surface area contributed by atoms with E-state index < -0.39 is 0 Å². The van der Waals surface area contributed by atoms with E-state index in [1.807, 2.05) is 0 Å². The van der Waals surface area contributed by atoms with Crippen molar-refractivity contribution in [1.82, 2.24) is 9.88 Å². The van der Waals surface area contributed by atoms with Gasteiger partial charge in [0, 0.05) is 26.1 Å². The van der Waals surface area contributed by atoms with Gasteiger partial charge in [0.05, 0.1) is 48.1 Å². The van der Waals surface area contributed by atoms with Gasteiger partial charge in [-0.1, -0.05) is 6.07 Å². The van der Waals surface area contributed by atoms with Crippen LogP contribution in [0.2, 0.25) is 0 Å². The molecule has 3 rings (SSSR count). The molecule has 1 aromatic carbocycles. The predicted octanol–water partition coefficient (Wildman–Crippen LogP) is 3.66. The van der Waals surface area contributed by atoms with Crippen molar-refractivity contribution in [3.8, 4) is 0 Å². The number of hydrogen-bond acceptors (Lipinski definition) is 3. The molecule has 1 aromatic heterocycles. The average molecular weight is 351 g/mol. The van der Waals surface area contributed by atoms with Crippen LogP contribution in [0.25, 0.3) is 10.2 Å². The zero-order chi connectivity index (χ0) is 17.0. The Labute approximate surface area is 148 Å². The zero-order valence-electron chi connectivity index (χ0n) is 14.9. The molecule has 2 aromatic rings. The number of nitrogens with zero attached hydrogens (tertiary/aromatic N) is 3. The van der Waals surface area contributed by atoms with E-state index in [0.29, 0.717) is 6.42 Å². The van der Waals surface area contributed by atoms with Crippen LogP contribution in [0.15, 0.2) is 18.2 Å². The number of aryl methyl sites for hydroxylation is 1. The van der Waals surface area contributed by atoms with Crippen molar-refractivity contribution in [2.75, 3.05) is 52.5 Å². The third-order valence-corrected chi connectivity index (χ3v) is 6.43. The second kappa shape index (κ2) is 7.89. The number of fused-ring (bicyclic) bond motifs is 1. The Morgan fingerprint density at radius 3 is 2.79 bits per heavy atom. The van der Waals surface area contributed by atoms with E-state index in [4.69, 9.17) is 0 Å². The van der Waals surface area contributed by atoms with Crippen LogP contribution in [0.1, 0.15) is 23.9 Å². The smallest absolute Gasteiger partial charge is 0.0916 e. The molecule has 0 atom stereocenters. The van der Waals surface area contributed by atoms with Gasteiger partial charge in [-0.3, -0.25) is 9.29 Å². The van der Waals surface area contributed by atoms with Crippen molar-refractivity contribution >= 4 is 21.6 Å². The van der Waals surface area contributed by atoms with Crippen molar-refractivity contribution in [3.05, 3.63) is 28.8 Å². The van der Waals surface area contributed by atoms with Gasteiger partial charge in [-0.15, -0.1) is 11.3 Å². The third-order valence-electron chi connectivity index (χ3n) is 5.49. The predicted molar refractivity (Wildman–Crippen MR) is 100 cm³/mol. The van der Waals surface area contributed by atoms with Gasteiger partial charge in [0.2, 0.25) is 0 Å². The number of thiazole rings is 1. The molecule has 1 aliphatic heterocycles. The van der Waals surface area contributed by atoms with Gasteiger partial charge in [0.25, 0.3) is 0 Å². The maximum atomic E-state index is 12.4. The first kappa shape index (κ1) is 17.8. The Bertz CT molecular complexity index is 662. The van der Waals surface area contributed by atoms with E-state index in [2.05, 4.69) is 41.9 Å². The SMILES string of the molecule is CC[N+]1(CCc2ccc3nc(C)sc3c2)CCN(CCCF)CC1. The fourth-order valence-corrected chi connectivity index (χ4v) is 4.63. The molecular formula is C19H29FN3S+. The Morgan fingerprint density at radius 1 is 1.29 bits per heavy atom. The number of hydrogen-bond donors (Lipinski definition) is 0. The molecule has 3 nitrogen and oxygen atoms in total. The van der Waals surface area contributed by atoms with Crippen molar-refractivity contribution in [1.29, 1.82) is 0 Å². The number of rotatable bonds is 7. The van der Waals surface area contributed by atoms with Crippen LogP contribution in [0.3, 0.4) is 0 Å². The molecule has 1 aliphatic rings. The zero-order valence-corrected chi connectivity index (χ0v) is 15.7. The molecule has 0 spiro atoms. The van der Waals surface area contributed by atoms with Crippen LogP contribution in [-0.2, 0) is 6.42 Å². The van der Waals surface area contributed by atoms with Gasteiger partial charge in [-0.2, -0.15) is 0 Å². The Morgan fingerprint density at radius 2 is 2.08 bits per heavy atom. The molecule has 0 aliphatic carbocycles. The number of alkyl halides is 1. The number of aromatic nitrogens is 1. The summed E-state index contributed by atoms with van der Waals surface area (Å²) in [4.78, 5) is 6.98. The van der Waals surface area contributed by atoms with Gasteiger partial charge in [0.1, 0.15) is 0 Å². The minimum atomic E-state index is -0.191. The minimum Gasteiger partial charge on any atom is -0.321 e. The van der Waals surface area contributed by atoms with E-state index in [0.717, 1.165) is 36.6 Å². The van der Waals surface area contributed by atoms with Crippen molar-refractivity contribution < 1.29 is 8.87 Å². The van der Waals surface area contributed by atoms with E-state index in [1.165, 1.54) is 40.9 Å². The van der Waals surface area contributed by atoms with Crippen LogP contribution in [-0.4, -0.2) is 66.9 Å². The van der Waals surface area contributed by atoms with Crippen LogP contribution < -0.4 is 0 Å². The molecule has 2 heterocycles. The maximum absolute atomic E-state index is 12.4. The molecule has 1 fully saturated rings. The summed E-state index contributed by atoms with van der Waals surface area (Å²) in [6.45, 7) is 12.1. The Kier molecular flexibility index (Phi) is 5.85. The molecule has 132 valence electrons. The Balaban J connectivity index is 1.59. The fraction of sp³-hybridized carbons (Fsp3) is 0.632. The highest BCUT2D eigenvalue weighted by molar-refractivity contribution is 7.18. The molecular weight excluding hydrogens is 321 g/mol. The third kappa shape index (κ3) is 4.13. The average Bonchev–Trinajstić information content (AvgIpc) is 2.98. The van der Waals surface area contributed by atoms with Gasteiger partial charge < -0.3 is 4.48 Å². The van der Waals surface area contributed by atoms with Crippen LogP contribution in [0, 0.1) is 6.92 Å². The first-order chi connectivity index (χ1) is 11.6. The number of halogens is 1. The summed E-state index contributed by atoms with van der Waals surface area (Å²) >= 11 is 1.79. The van der Waals surface area contributed by atoms with Gasteiger partial charge in [-0.05, 0) is 38.0 Å². The molecule has 0 unspecified atom stereocenters. The van der Waals surface area contributed by atoms with Gasteiger partial charge in [0.15, 0.2) is 0 Å². The first-order valence-electron chi connectivity index (χ1n) is 9.14. The maximum Gasteiger partial charge on any atom is 0.0916 e. The summed E-state index contributed by atoms with van der Waals surface area (Å²) in [6.07, 6.45) is 1.81. The molecule has 24 heavy (non-hydrogen) atoms. The molecule has 0 saturated carbocycles. The summed E-state index contributed by atoms with van der Waals surface area (Å²) in [7, 11) is 0. The number of quaternary nitrogens is 1. The minimum absolute atomic E-state index is 0.191. The van der Waals surface area contributed by atoms with E-state index in [-0.39, 0.29) is 6.67 Å². The van der Waals surface area contributed by atoms with Crippen LogP contribution >= 0.6 is 11.3 Å². The highest BCUT2D eigenvalue weighted by Gasteiger charge is 2.30. The summed E-state index contributed by atoms with van der Waals surface area (Å²) in [5.74, 6) is 0. The lowest BCUT2D eigenvalue weighted by Crippen LogP contribution is -2.60. The highest BCUT2D eigenvalue weighted by Crippen LogP contribution is 2.23. The molecule has 0 radical (unpaired) electrons. The molecule has 0 amide bonds. The largest absolute Gasteiger partial charge is 0.321 e. The second-order valence-electron chi connectivity index (χ2n) is 7.00. The molecule has 1 saturated heterocycles. The van der Waals surface area contributed by atoms with Gasteiger partial charge >= 0.3 is 0 Å². The molecule has 5 heteroatoms. The molecule has 0 bridgehead atoms. The lowest BCUT2D eigenvalue weighted by atomic mass is 10.1. The van der Waals surface area contributed by atoms with Crippen LogP contribution in [0.4, 0.5) is 4.39 Å². The Hall–Kier alpha value is -1.04. The van der Waals surface area contributed by atoms with Crippen molar-refractivity contribution in [2.24, 2.45) is 0 Å². The summed E-state index contributed by atoms with van der Waals surface area (Å²) in [5, 5.41) is 1.14. The van der Waals surface area contributed by atoms with Gasteiger partial charge in [-0.25, -0.2) is 4.98 Å². The van der Waals surface area contributed by atoms with E-state index in [9.17, 15) is 4.39 Å². The summed E-state index contributed by atoms with van der Waals surface area (Å²) in [5.41, 5.74) is 2.55. The number of likely N-dealkylation sites (N-methyl/N-ethyl adjacent to an activating group) is 1. The lowest BCUT2D eigenvalue weighted by Gasteiger charge is -2.44. The number of benzene rings is 1. The monoisotopic (exact) mass is 350 g/mol. The number of piperazine rings is 1. The topological polar surface area (TPSA) is 16.1 Å². The second-order valence-corrected chi connectivity index (χ2v) is 8.23. The van der Waals surface area contributed by atoms with E-state index >= 15 is 0 Å². The fourth-order valence-electron chi connectivity index (χ4n) is 3.74. The lowest BCUT2D eigenvalue weighted by molar-refractivity contribution is -0.930. The van der Waals surface area contributed by atoms with Crippen molar-refractivity contribution in [2.45, 2.75) is 26.7 Å². The normalized spacial score (nSPS) is 18.3. The standard InChI is InChI=1S/C19H29FN3S/c1-3-23(13-10-22(11-14-23)9-4-8-20)12-7-17-5-6-18-19(15-17)24-16(2)21-18/h5-6,15H,3-4,7-14H2,1-2H3/q+1. The quantitative estimate of drug-likeness (QED) is 0.709. The van der Waals surface area contributed by atoms with E-state index in [1.54, 1.807) is 11.3 Å². The first-order valence-corrected chi connectivity index (χ1v) is 9.95. The van der Waals surface area contributed by atoms with Crippen LogP contribution in [0.5, 0.6) is 0 Å². The molecule has 0 N–H and O–H groups in total. The summed E-state index contributed by atoms with van der Waals surface area (Å²) in [6, 6.07) is 6.73. The van der Waals surface area contributed by atoms with Crippen molar-refractivity contribution in [3.63, 3.8) is 0 Å². The highest BCUT2D eigenvalue weighted by atomic mass is 32.1. The summed E-state index contributed by atoms with van der Waals surface area (Å²) < 4.78 is 14.9.